The number of rotatable bonds is 3. The van der Waals surface area contributed by atoms with Crippen molar-refractivity contribution < 1.29 is 4.79 Å². The highest BCUT2D eigenvalue weighted by Gasteiger charge is 2.50. The topological polar surface area (TPSA) is 52.9 Å². The second kappa shape index (κ2) is 5.43. The predicted octanol–water partition coefficient (Wildman–Crippen LogP) is 3.76. The van der Waals surface area contributed by atoms with Crippen LogP contribution in [0.15, 0.2) is 24.3 Å². The van der Waals surface area contributed by atoms with Crippen LogP contribution in [-0.4, -0.2) is 5.91 Å². The van der Waals surface area contributed by atoms with Gasteiger partial charge in [0, 0.05) is 11.6 Å². The van der Waals surface area contributed by atoms with Gasteiger partial charge < -0.3 is 5.32 Å². The van der Waals surface area contributed by atoms with Crippen LogP contribution in [0.3, 0.4) is 0 Å². The van der Waals surface area contributed by atoms with Crippen molar-refractivity contribution in [2.24, 2.45) is 29.6 Å². The zero-order chi connectivity index (χ0) is 15.1. The minimum absolute atomic E-state index is 0.224. The summed E-state index contributed by atoms with van der Waals surface area (Å²) in [5.41, 5.74) is 1.86. The van der Waals surface area contributed by atoms with Gasteiger partial charge in [0.05, 0.1) is 12.5 Å². The Balaban J connectivity index is 1.45. The molecular formula is C19H22N2O. The Morgan fingerprint density at radius 3 is 2.18 bits per heavy atom. The Morgan fingerprint density at radius 2 is 1.64 bits per heavy atom. The summed E-state index contributed by atoms with van der Waals surface area (Å²) in [5, 5.41) is 11.8. The van der Waals surface area contributed by atoms with E-state index in [0.717, 1.165) is 23.1 Å². The quantitative estimate of drug-likeness (QED) is 0.922. The molecule has 5 rings (SSSR count). The number of amides is 1. The average molecular weight is 294 g/mol. The van der Waals surface area contributed by atoms with Gasteiger partial charge in [-0.2, -0.15) is 5.26 Å². The smallest absolute Gasteiger partial charge is 0.228 e. The lowest BCUT2D eigenvalue weighted by Gasteiger charge is -2.53. The van der Waals surface area contributed by atoms with Gasteiger partial charge in [0.2, 0.25) is 5.91 Å². The van der Waals surface area contributed by atoms with Crippen LogP contribution >= 0.6 is 0 Å². The molecule has 1 N–H and O–H groups in total. The van der Waals surface area contributed by atoms with Crippen molar-refractivity contribution in [3.05, 3.63) is 29.8 Å². The Labute approximate surface area is 131 Å². The first-order valence-corrected chi connectivity index (χ1v) is 8.49. The maximum atomic E-state index is 12.7. The molecule has 0 aromatic heterocycles. The maximum absolute atomic E-state index is 12.7. The largest absolute Gasteiger partial charge is 0.326 e. The van der Waals surface area contributed by atoms with Crippen LogP contribution in [0.25, 0.3) is 0 Å². The minimum Gasteiger partial charge on any atom is -0.326 e. The van der Waals surface area contributed by atoms with E-state index in [4.69, 9.17) is 5.26 Å². The van der Waals surface area contributed by atoms with Crippen molar-refractivity contribution in [3.63, 3.8) is 0 Å². The van der Waals surface area contributed by atoms with Crippen LogP contribution in [0.1, 0.15) is 37.7 Å². The van der Waals surface area contributed by atoms with Gasteiger partial charge in [-0.1, -0.05) is 12.1 Å². The molecule has 4 aliphatic rings. The van der Waals surface area contributed by atoms with Gasteiger partial charge >= 0.3 is 0 Å². The van der Waals surface area contributed by atoms with E-state index in [1.54, 1.807) is 0 Å². The van der Waals surface area contributed by atoms with Gasteiger partial charge in [-0.3, -0.25) is 4.79 Å². The lowest BCUT2D eigenvalue weighted by atomic mass is 9.51. The summed E-state index contributed by atoms with van der Waals surface area (Å²) in [6.07, 6.45) is 6.92. The van der Waals surface area contributed by atoms with Gasteiger partial charge in [0.15, 0.2) is 0 Å². The SMILES string of the molecule is N#CCc1ccc(NC(=O)C2C3CC4CC(C3)CC2C4)cc1. The Hall–Kier alpha value is -1.82. The highest BCUT2D eigenvalue weighted by Crippen LogP contribution is 2.56. The third kappa shape index (κ3) is 2.41. The number of anilines is 1. The first-order chi connectivity index (χ1) is 10.7. The summed E-state index contributed by atoms with van der Waals surface area (Å²) in [6, 6.07) is 9.83. The second-order valence-corrected chi connectivity index (χ2v) is 7.48. The number of carbonyl (C=O) groups is 1. The van der Waals surface area contributed by atoms with Crippen molar-refractivity contribution in [2.75, 3.05) is 5.32 Å². The molecule has 3 nitrogen and oxygen atoms in total. The van der Waals surface area contributed by atoms with E-state index < -0.39 is 0 Å². The molecule has 114 valence electrons. The molecule has 1 aromatic rings. The van der Waals surface area contributed by atoms with E-state index in [1.807, 2.05) is 24.3 Å². The van der Waals surface area contributed by atoms with Crippen LogP contribution in [-0.2, 0) is 11.2 Å². The van der Waals surface area contributed by atoms with Crippen LogP contribution < -0.4 is 5.32 Å². The van der Waals surface area contributed by atoms with E-state index in [0.29, 0.717) is 18.3 Å². The van der Waals surface area contributed by atoms with Gasteiger partial charge in [-0.25, -0.2) is 0 Å². The standard InChI is InChI=1S/C19H22N2O/c20-6-5-12-1-3-17(4-2-12)21-19(22)18-15-8-13-7-14(10-15)11-16(18)9-13/h1-4,13-16,18H,5,7-11H2,(H,21,22). The fourth-order valence-electron chi connectivity index (χ4n) is 5.38. The van der Waals surface area contributed by atoms with Gasteiger partial charge in [-0.05, 0) is 73.5 Å². The number of carbonyl (C=O) groups excluding carboxylic acids is 1. The van der Waals surface area contributed by atoms with Crippen molar-refractivity contribution >= 4 is 11.6 Å². The van der Waals surface area contributed by atoms with Crippen LogP contribution in [0, 0.1) is 40.9 Å². The predicted molar refractivity (Wildman–Crippen MR) is 84.9 cm³/mol. The molecule has 22 heavy (non-hydrogen) atoms. The molecule has 1 aromatic carbocycles. The summed E-state index contributed by atoms with van der Waals surface area (Å²) < 4.78 is 0. The minimum atomic E-state index is 0.224. The Bertz CT molecular complexity index is 585. The van der Waals surface area contributed by atoms with Gasteiger partial charge in [0.1, 0.15) is 0 Å². The summed E-state index contributed by atoms with van der Waals surface area (Å²) in [7, 11) is 0. The molecule has 0 saturated heterocycles. The third-order valence-electron chi connectivity index (χ3n) is 6.03. The molecule has 3 heteroatoms. The van der Waals surface area contributed by atoms with E-state index in [9.17, 15) is 4.79 Å². The first-order valence-electron chi connectivity index (χ1n) is 8.49. The molecule has 4 saturated carbocycles. The molecule has 4 fully saturated rings. The third-order valence-corrected chi connectivity index (χ3v) is 6.03. The Kier molecular flexibility index (Phi) is 3.41. The maximum Gasteiger partial charge on any atom is 0.228 e. The second-order valence-electron chi connectivity index (χ2n) is 7.48. The molecule has 4 bridgehead atoms. The lowest BCUT2D eigenvalue weighted by molar-refractivity contribution is -0.132. The van der Waals surface area contributed by atoms with E-state index in [1.165, 1.54) is 32.1 Å². The summed E-state index contributed by atoms with van der Waals surface area (Å²) >= 11 is 0. The monoisotopic (exact) mass is 294 g/mol. The first kappa shape index (κ1) is 13.8. The van der Waals surface area contributed by atoms with Gasteiger partial charge in [-0.15, -0.1) is 0 Å². The zero-order valence-electron chi connectivity index (χ0n) is 12.8. The number of hydrogen-bond donors (Lipinski definition) is 1. The van der Waals surface area contributed by atoms with E-state index in [2.05, 4.69) is 11.4 Å². The number of benzene rings is 1. The fraction of sp³-hybridized carbons (Fsp3) is 0.579. The normalized spacial score (nSPS) is 35.1. The van der Waals surface area contributed by atoms with E-state index in [-0.39, 0.29) is 11.8 Å². The Morgan fingerprint density at radius 1 is 1.05 bits per heavy atom. The zero-order valence-corrected chi connectivity index (χ0v) is 12.8. The highest BCUT2D eigenvalue weighted by molar-refractivity contribution is 5.93. The highest BCUT2D eigenvalue weighted by atomic mass is 16.1. The number of nitriles is 1. The molecule has 0 unspecified atom stereocenters. The van der Waals surface area contributed by atoms with Crippen LogP contribution in [0.2, 0.25) is 0 Å². The van der Waals surface area contributed by atoms with Gasteiger partial charge in [0.25, 0.3) is 0 Å². The molecule has 0 atom stereocenters. The average Bonchev–Trinajstić information content (AvgIpc) is 2.48. The molecule has 4 aliphatic carbocycles. The van der Waals surface area contributed by atoms with Crippen LogP contribution in [0.5, 0.6) is 0 Å². The summed E-state index contributed by atoms with van der Waals surface area (Å²) in [5.74, 6) is 3.49. The summed E-state index contributed by atoms with van der Waals surface area (Å²) in [4.78, 5) is 12.7. The van der Waals surface area contributed by atoms with Crippen LogP contribution in [0.4, 0.5) is 5.69 Å². The molecule has 0 heterocycles. The van der Waals surface area contributed by atoms with E-state index >= 15 is 0 Å². The number of nitrogens with zero attached hydrogens (tertiary/aromatic N) is 1. The summed E-state index contributed by atoms with van der Waals surface area (Å²) in [6.45, 7) is 0. The number of nitrogens with one attached hydrogen (secondary N) is 1. The molecule has 0 radical (unpaired) electrons. The fourth-order valence-corrected chi connectivity index (χ4v) is 5.38. The van der Waals surface area contributed by atoms with Crippen molar-refractivity contribution in [3.8, 4) is 6.07 Å². The molecule has 1 amide bonds. The molecule has 0 spiro atoms. The molecule has 0 aliphatic heterocycles. The molecular weight excluding hydrogens is 272 g/mol. The lowest BCUT2D eigenvalue weighted by Crippen LogP contribution is -2.49. The van der Waals surface area contributed by atoms with Crippen molar-refractivity contribution in [1.82, 2.24) is 0 Å². The van der Waals surface area contributed by atoms with Crippen molar-refractivity contribution in [1.29, 1.82) is 5.26 Å². The number of hydrogen-bond acceptors (Lipinski definition) is 2. The van der Waals surface area contributed by atoms with Crippen molar-refractivity contribution in [2.45, 2.75) is 38.5 Å².